The summed E-state index contributed by atoms with van der Waals surface area (Å²) >= 11 is 1.83. The Morgan fingerprint density at radius 1 is 0.302 bits per heavy atom. The zero-order chi connectivity index (χ0) is 41.4. The van der Waals surface area contributed by atoms with Crippen LogP contribution in [0.5, 0.6) is 0 Å². The van der Waals surface area contributed by atoms with Crippen molar-refractivity contribution in [2.24, 2.45) is 0 Å². The summed E-state index contributed by atoms with van der Waals surface area (Å²) in [6, 6.07) is 69.7. The van der Waals surface area contributed by atoms with Crippen LogP contribution in [-0.2, 0) is 0 Å². The first-order chi connectivity index (χ1) is 31.2. The summed E-state index contributed by atoms with van der Waals surface area (Å²) < 4.78 is 16.0. The van der Waals surface area contributed by atoms with Gasteiger partial charge in [-0.15, -0.1) is 11.3 Å². The van der Waals surface area contributed by atoms with Crippen molar-refractivity contribution in [2.45, 2.75) is 0 Å². The van der Waals surface area contributed by atoms with Crippen LogP contribution in [0.25, 0.3) is 132 Å². The molecule has 0 N–H and O–H groups in total. The Labute approximate surface area is 365 Å². The Morgan fingerprint density at radius 3 is 1.52 bits per heavy atom. The van der Waals surface area contributed by atoms with Crippen molar-refractivity contribution in [1.82, 2.24) is 15.0 Å². The molecule has 0 aliphatic heterocycles. The number of furan rings is 2. The third-order valence-electron chi connectivity index (χ3n) is 12.1. The molecule has 5 nitrogen and oxygen atoms in total. The highest BCUT2D eigenvalue weighted by Gasteiger charge is 2.23. The van der Waals surface area contributed by atoms with Crippen LogP contribution in [0, 0.1) is 0 Å². The lowest BCUT2D eigenvalue weighted by Crippen LogP contribution is -2.00. The van der Waals surface area contributed by atoms with E-state index in [1.807, 2.05) is 65.9 Å². The fourth-order valence-electron chi connectivity index (χ4n) is 9.12. The molecule has 0 radical (unpaired) electrons. The Kier molecular flexibility index (Phi) is 8.01. The zero-order valence-corrected chi connectivity index (χ0v) is 34.4. The van der Waals surface area contributed by atoms with Crippen molar-refractivity contribution in [3.05, 3.63) is 200 Å². The Balaban J connectivity index is 1.08. The lowest BCUT2D eigenvalue weighted by atomic mass is 9.93. The number of hydrogen-bond acceptors (Lipinski definition) is 6. The highest BCUT2D eigenvalue weighted by molar-refractivity contribution is 7.26. The SMILES string of the molecule is c1ccc(-c2cccc(-c3nc(-c4ccccc4)nc(-c4cc(-c5cc(-c6cccc7c6sc6ccccc67)c6oc7ccccc7c6c5)cc5c4oc4ccccc45)n3)c2)cc1. The molecule has 0 saturated heterocycles. The van der Waals surface area contributed by atoms with Crippen LogP contribution in [-0.4, -0.2) is 15.0 Å². The average Bonchev–Trinajstić information content (AvgIpc) is 4.05. The molecule has 6 heteroatoms. The van der Waals surface area contributed by atoms with E-state index in [9.17, 15) is 0 Å². The maximum absolute atomic E-state index is 6.77. The topological polar surface area (TPSA) is 65.0 Å². The van der Waals surface area contributed by atoms with E-state index < -0.39 is 0 Å². The third kappa shape index (κ3) is 5.87. The molecule has 4 aromatic heterocycles. The standard InChI is InChI=1S/C57H33N3O2S/c1-3-15-34(16-4-1)36-19-13-20-37(29-36)56-58-55(35-17-5-2-6-18-35)59-57(60-56)48-33-39(31-46-41-22-8-11-27-50(41)62-53(46)48)38-30-45-40-21-7-10-26-49(40)61-52(45)47(32-38)44-25-14-24-43-42-23-9-12-28-51(42)63-54(43)44/h1-33H. The third-order valence-corrected chi connectivity index (χ3v) is 13.3. The minimum absolute atomic E-state index is 0.528. The van der Waals surface area contributed by atoms with Crippen molar-refractivity contribution in [3.8, 4) is 67.5 Å². The summed E-state index contributed by atoms with van der Waals surface area (Å²) in [6.07, 6.45) is 0. The van der Waals surface area contributed by atoms with Gasteiger partial charge in [-0.25, -0.2) is 15.0 Å². The molecule has 63 heavy (non-hydrogen) atoms. The monoisotopic (exact) mass is 823 g/mol. The van der Waals surface area contributed by atoms with E-state index in [0.29, 0.717) is 17.5 Å². The average molecular weight is 824 g/mol. The van der Waals surface area contributed by atoms with Crippen LogP contribution in [0.15, 0.2) is 209 Å². The van der Waals surface area contributed by atoms with Crippen LogP contribution in [0.4, 0.5) is 0 Å². The van der Waals surface area contributed by atoms with Crippen molar-refractivity contribution in [1.29, 1.82) is 0 Å². The predicted molar refractivity (Wildman–Crippen MR) is 260 cm³/mol. The summed E-state index contributed by atoms with van der Waals surface area (Å²) in [5.41, 5.74) is 12.3. The van der Waals surface area contributed by atoms with E-state index in [1.165, 1.54) is 20.2 Å². The van der Waals surface area contributed by atoms with Gasteiger partial charge in [0.15, 0.2) is 17.5 Å². The molecular weight excluding hydrogens is 791 g/mol. The highest BCUT2D eigenvalue weighted by Crippen LogP contribution is 2.47. The summed E-state index contributed by atoms with van der Waals surface area (Å²) in [5.74, 6) is 1.69. The van der Waals surface area contributed by atoms with Crippen LogP contribution in [0.1, 0.15) is 0 Å². The van der Waals surface area contributed by atoms with E-state index in [1.54, 1.807) is 0 Å². The van der Waals surface area contributed by atoms with Gasteiger partial charge in [0, 0.05) is 64.0 Å². The number of benzene rings is 9. The van der Waals surface area contributed by atoms with E-state index in [-0.39, 0.29) is 0 Å². The molecule has 13 aromatic rings. The van der Waals surface area contributed by atoms with Crippen molar-refractivity contribution in [2.75, 3.05) is 0 Å². The first-order valence-electron chi connectivity index (χ1n) is 21.0. The van der Waals surface area contributed by atoms with Gasteiger partial charge in [-0.1, -0.05) is 152 Å². The van der Waals surface area contributed by atoms with Gasteiger partial charge in [0.05, 0.1) is 5.56 Å². The first-order valence-corrected chi connectivity index (χ1v) is 21.8. The maximum atomic E-state index is 6.77. The van der Waals surface area contributed by atoms with Crippen LogP contribution >= 0.6 is 11.3 Å². The van der Waals surface area contributed by atoms with Crippen molar-refractivity contribution < 1.29 is 8.83 Å². The van der Waals surface area contributed by atoms with Crippen molar-refractivity contribution >= 4 is 75.4 Å². The number of fused-ring (bicyclic) bond motifs is 9. The van der Waals surface area contributed by atoms with Gasteiger partial charge < -0.3 is 8.83 Å². The van der Waals surface area contributed by atoms with Gasteiger partial charge >= 0.3 is 0 Å². The van der Waals surface area contributed by atoms with Gasteiger partial charge in [-0.2, -0.15) is 0 Å². The minimum atomic E-state index is 0.528. The number of aromatic nitrogens is 3. The number of nitrogens with zero attached hydrogens (tertiary/aromatic N) is 3. The van der Waals surface area contributed by atoms with Crippen molar-refractivity contribution in [3.63, 3.8) is 0 Å². The molecule has 294 valence electrons. The zero-order valence-electron chi connectivity index (χ0n) is 33.6. The molecule has 0 spiro atoms. The predicted octanol–water partition coefficient (Wildman–Crippen LogP) is 16.0. The normalized spacial score (nSPS) is 11.8. The second kappa shape index (κ2) is 14.2. The molecule has 0 atom stereocenters. The summed E-state index contributed by atoms with van der Waals surface area (Å²) in [4.78, 5) is 15.7. The molecule has 0 fully saturated rings. The Bertz CT molecular complexity index is 3920. The highest BCUT2D eigenvalue weighted by atomic mass is 32.1. The van der Waals surface area contributed by atoms with E-state index >= 15 is 0 Å². The lowest BCUT2D eigenvalue weighted by Gasteiger charge is -2.12. The number of rotatable bonds is 6. The molecule has 0 aliphatic rings. The molecule has 0 aliphatic carbocycles. The van der Waals surface area contributed by atoms with Crippen LogP contribution < -0.4 is 0 Å². The largest absolute Gasteiger partial charge is 0.455 e. The number of para-hydroxylation sites is 2. The minimum Gasteiger partial charge on any atom is -0.455 e. The molecule has 0 saturated carbocycles. The van der Waals surface area contributed by atoms with E-state index in [2.05, 4.69) is 146 Å². The van der Waals surface area contributed by atoms with E-state index in [0.717, 1.165) is 93.9 Å². The quantitative estimate of drug-likeness (QED) is 0.167. The summed E-state index contributed by atoms with van der Waals surface area (Å²) in [7, 11) is 0. The fourth-order valence-corrected chi connectivity index (χ4v) is 10.4. The van der Waals surface area contributed by atoms with Gasteiger partial charge in [-0.3, -0.25) is 0 Å². The summed E-state index contributed by atoms with van der Waals surface area (Å²) in [5, 5.41) is 6.64. The Morgan fingerprint density at radius 2 is 0.810 bits per heavy atom. The Hall–Kier alpha value is -8.19. The second-order valence-corrected chi connectivity index (χ2v) is 16.9. The molecule has 0 bridgehead atoms. The summed E-state index contributed by atoms with van der Waals surface area (Å²) in [6.45, 7) is 0. The van der Waals surface area contributed by atoms with E-state index in [4.69, 9.17) is 23.8 Å². The molecule has 9 aromatic carbocycles. The van der Waals surface area contributed by atoms with Gasteiger partial charge in [-0.05, 0) is 70.8 Å². The molecule has 0 amide bonds. The van der Waals surface area contributed by atoms with Crippen LogP contribution in [0.3, 0.4) is 0 Å². The smallest absolute Gasteiger partial charge is 0.167 e. The second-order valence-electron chi connectivity index (χ2n) is 15.9. The fraction of sp³-hybridized carbons (Fsp3) is 0. The molecule has 13 rings (SSSR count). The van der Waals surface area contributed by atoms with Gasteiger partial charge in [0.25, 0.3) is 0 Å². The first kappa shape index (κ1) is 35.6. The molecule has 0 unspecified atom stereocenters. The number of hydrogen-bond donors (Lipinski definition) is 0. The lowest BCUT2D eigenvalue weighted by molar-refractivity contribution is 0.669. The number of thiophene rings is 1. The maximum Gasteiger partial charge on any atom is 0.167 e. The van der Waals surface area contributed by atoms with Gasteiger partial charge in [0.2, 0.25) is 0 Å². The van der Waals surface area contributed by atoms with Gasteiger partial charge in [0.1, 0.15) is 22.3 Å². The molecule has 4 heterocycles. The molecular formula is C57H33N3O2S. The van der Waals surface area contributed by atoms with Crippen LogP contribution in [0.2, 0.25) is 0 Å².